The Morgan fingerprint density at radius 2 is 1.82 bits per heavy atom. The quantitative estimate of drug-likeness (QED) is 0.138. The fourth-order valence-electron chi connectivity index (χ4n) is 7.99. The number of fused-ring (bicyclic) bond motifs is 5. The molecule has 1 fully saturated rings. The highest BCUT2D eigenvalue weighted by atomic mass is 32.2. The van der Waals surface area contributed by atoms with Gasteiger partial charge in [-0.1, -0.05) is 25.3 Å². The zero-order chi connectivity index (χ0) is 38.8. The Labute approximate surface area is 325 Å². The number of rotatable bonds is 12. The second kappa shape index (κ2) is 16.3. The number of ether oxygens (including phenoxy) is 2. The van der Waals surface area contributed by atoms with Crippen LogP contribution in [-0.2, 0) is 22.3 Å². The number of methoxy groups -OCH3 is 2. The molecule has 3 aromatic heterocycles. The van der Waals surface area contributed by atoms with E-state index in [0.29, 0.717) is 42.4 Å². The molecule has 1 N–H and O–H groups in total. The van der Waals surface area contributed by atoms with Gasteiger partial charge in [0.2, 0.25) is 0 Å². The first-order valence-corrected chi connectivity index (χ1v) is 20.4. The van der Waals surface area contributed by atoms with Crippen LogP contribution >= 0.6 is 0 Å². The van der Waals surface area contributed by atoms with Crippen molar-refractivity contribution in [1.82, 2.24) is 29.0 Å². The molecule has 12 heteroatoms. The Hall–Kier alpha value is -5.07. The van der Waals surface area contributed by atoms with Crippen LogP contribution in [0.4, 0.5) is 0 Å². The Morgan fingerprint density at radius 1 is 1.02 bits per heavy atom. The van der Waals surface area contributed by atoms with Crippen LogP contribution in [0.2, 0.25) is 0 Å². The molecule has 7 rings (SSSR count). The van der Waals surface area contributed by atoms with Crippen LogP contribution in [0.1, 0.15) is 103 Å². The molecule has 1 aliphatic heterocycles. The summed E-state index contributed by atoms with van der Waals surface area (Å²) in [6.45, 7) is 8.84. The summed E-state index contributed by atoms with van der Waals surface area (Å²) in [5.41, 5.74) is 8.41. The van der Waals surface area contributed by atoms with Gasteiger partial charge >= 0.3 is 0 Å². The lowest BCUT2D eigenvalue weighted by atomic mass is 9.81. The molecule has 2 amide bonds. The number of allylic oxidation sites excluding steroid dienone is 1. The van der Waals surface area contributed by atoms with Crippen molar-refractivity contribution in [2.75, 3.05) is 27.3 Å². The summed E-state index contributed by atoms with van der Waals surface area (Å²) in [6.07, 6.45) is 12.8. The van der Waals surface area contributed by atoms with Gasteiger partial charge in [0.1, 0.15) is 16.7 Å². The maximum atomic E-state index is 14.6. The number of pyridine rings is 1. The van der Waals surface area contributed by atoms with E-state index in [9.17, 15) is 13.8 Å². The normalized spacial score (nSPS) is 15.5. The molecule has 0 saturated heterocycles. The van der Waals surface area contributed by atoms with Crippen molar-refractivity contribution in [2.45, 2.75) is 83.6 Å². The average molecular weight is 763 g/mol. The summed E-state index contributed by atoms with van der Waals surface area (Å²) in [7, 11) is 1.79. The highest BCUT2D eigenvalue weighted by Crippen LogP contribution is 2.48. The molecule has 4 heterocycles. The molecule has 0 radical (unpaired) electrons. The van der Waals surface area contributed by atoms with Crippen LogP contribution in [0, 0.1) is 0 Å². The van der Waals surface area contributed by atoms with Crippen LogP contribution in [0.25, 0.3) is 39.5 Å². The Kier molecular flexibility index (Phi) is 11.4. The third-order valence-corrected chi connectivity index (χ3v) is 12.2. The first-order valence-electron chi connectivity index (χ1n) is 19.2. The molecular weight excluding hydrogens is 713 g/mol. The minimum absolute atomic E-state index is 0.148. The van der Waals surface area contributed by atoms with E-state index in [2.05, 4.69) is 38.5 Å². The number of nitrogens with zero attached hydrogens (tertiary/aromatic N) is 5. The van der Waals surface area contributed by atoms with Crippen molar-refractivity contribution in [2.24, 2.45) is 0 Å². The molecule has 2 atom stereocenters. The summed E-state index contributed by atoms with van der Waals surface area (Å²) in [4.78, 5) is 34.3. The zero-order valence-electron chi connectivity index (χ0n) is 32.5. The van der Waals surface area contributed by atoms with Gasteiger partial charge in [-0.3, -0.25) is 19.3 Å². The van der Waals surface area contributed by atoms with E-state index in [1.165, 1.54) is 12.0 Å². The fourth-order valence-corrected chi connectivity index (χ4v) is 8.53. The van der Waals surface area contributed by atoms with Gasteiger partial charge in [0.05, 0.1) is 54.8 Å². The largest absolute Gasteiger partial charge is 0.497 e. The summed E-state index contributed by atoms with van der Waals surface area (Å²) in [5, 5.41) is 5.71. The standard InChI is InChI=1S/C43H50N6O5S/c1-7-47(25-28(4)53-5)43(51)37-24-45-49(33-14-11-19-44-23-33)40(37)32-20-31-21-34(54-6)16-18-35(31)41-39(29-12-9-8-10-13-29)36-17-15-30(22-38(36)48(41)26-32)42(50)46-55(52)27(2)3/h11,14-24,27-29H,7-10,12-13,25-26H2,1-6H3,(H,46,50)/t28-,55?/m1/s1. The molecule has 55 heavy (non-hydrogen) atoms. The minimum atomic E-state index is -1.52. The molecule has 11 nitrogen and oxygen atoms in total. The fraction of sp³-hybridized carbons (Fsp3) is 0.395. The van der Waals surface area contributed by atoms with Crippen molar-refractivity contribution < 1.29 is 23.3 Å². The molecule has 2 aliphatic rings. The minimum Gasteiger partial charge on any atom is -0.497 e. The van der Waals surface area contributed by atoms with Crippen molar-refractivity contribution >= 4 is 45.4 Å². The van der Waals surface area contributed by atoms with Crippen LogP contribution in [-0.4, -0.2) is 78.9 Å². The van der Waals surface area contributed by atoms with Crippen molar-refractivity contribution in [3.8, 4) is 22.7 Å². The Bertz CT molecular complexity index is 2270. The predicted octanol–water partition coefficient (Wildman–Crippen LogP) is 7.80. The van der Waals surface area contributed by atoms with E-state index in [1.54, 1.807) is 42.4 Å². The number of aromatic nitrogens is 4. The SMILES string of the molecule is CCN(C[C@@H](C)OC)C(=O)c1cnn(-c2cccnc2)c1C1=Cc2cc(OC)ccc2-c2c(C3CCCCC3)c3ccc(C(=O)NS(=O)C(C)C)cc3n2C1. The summed E-state index contributed by atoms with van der Waals surface area (Å²) >= 11 is 0. The van der Waals surface area contributed by atoms with Gasteiger partial charge < -0.3 is 18.9 Å². The molecule has 1 aliphatic carbocycles. The van der Waals surface area contributed by atoms with Crippen LogP contribution in [0.15, 0.2) is 67.1 Å². The second-order valence-corrected chi connectivity index (χ2v) is 16.5. The van der Waals surface area contributed by atoms with E-state index >= 15 is 0 Å². The molecule has 288 valence electrons. The highest BCUT2D eigenvalue weighted by Gasteiger charge is 2.33. The maximum absolute atomic E-state index is 14.6. The molecular formula is C43H50N6O5S. The van der Waals surface area contributed by atoms with Crippen molar-refractivity contribution in [1.29, 1.82) is 0 Å². The van der Waals surface area contributed by atoms with Gasteiger partial charge in [0.15, 0.2) is 0 Å². The Balaban J connectivity index is 1.49. The van der Waals surface area contributed by atoms with Crippen LogP contribution < -0.4 is 9.46 Å². The van der Waals surface area contributed by atoms with Gasteiger partial charge in [-0.25, -0.2) is 8.89 Å². The number of hydrogen-bond acceptors (Lipinski definition) is 7. The predicted molar refractivity (Wildman–Crippen MR) is 218 cm³/mol. The van der Waals surface area contributed by atoms with E-state index in [4.69, 9.17) is 14.6 Å². The van der Waals surface area contributed by atoms with Crippen molar-refractivity contribution in [3.63, 3.8) is 0 Å². The van der Waals surface area contributed by atoms with E-state index in [-0.39, 0.29) is 23.2 Å². The van der Waals surface area contributed by atoms with E-state index < -0.39 is 11.0 Å². The summed E-state index contributed by atoms with van der Waals surface area (Å²) < 4.78 is 30.9. The maximum Gasteiger partial charge on any atom is 0.263 e. The molecule has 5 aromatic rings. The summed E-state index contributed by atoms with van der Waals surface area (Å²) in [5.74, 6) is 0.518. The summed E-state index contributed by atoms with van der Waals surface area (Å²) in [6, 6.07) is 15.8. The van der Waals surface area contributed by atoms with Gasteiger partial charge in [-0.2, -0.15) is 5.10 Å². The number of carbonyl (C=O) groups excluding carboxylic acids is 2. The van der Waals surface area contributed by atoms with Crippen molar-refractivity contribution in [3.05, 3.63) is 95.1 Å². The number of likely N-dealkylation sites (N-methyl/N-ethyl adjacent to an activating group) is 1. The van der Waals surface area contributed by atoms with E-state index in [0.717, 1.165) is 70.4 Å². The average Bonchev–Trinajstić information content (AvgIpc) is 3.74. The van der Waals surface area contributed by atoms with Crippen LogP contribution in [0.3, 0.4) is 0 Å². The van der Waals surface area contributed by atoms with Gasteiger partial charge in [0, 0.05) is 53.7 Å². The topological polar surface area (TPSA) is 121 Å². The molecule has 2 aromatic carbocycles. The molecule has 0 spiro atoms. The molecule has 0 bridgehead atoms. The number of hydrogen-bond donors (Lipinski definition) is 1. The second-order valence-electron chi connectivity index (χ2n) is 14.7. The lowest BCUT2D eigenvalue weighted by molar-refractivity contribution is 0.0551. The third-order valence-electron chi connectivity index (χ3n) is 10.9. The number of benzene rings is 2. The lowest BCUT2D eigenvalue weighted by Gasteiger charge is -2.24. The van der Waals surface area contributed by atoms with E-state index in [1.807, 2.05) is 58.0 Å². The first kappa shape index (κ1) is 38.2. The number of carbonyl (C=O) groups is 2. The van der Waals surface area contributed by atoms with Crippen LogP contribution in [0.5, 0.6) is 5.75 Å². The number of nitrogens with one attached hydrogen (secondary N) is 1. The molecule has 1 unspecified atom stereocenters. The first-order chi connectivity index (χ1) is 26.6. The molecule has 1 saturated carbocycles. The Morgan fingerprint density at radius 3 is 2.51 bits per heavy atom. The third kappa shape index (κ3) is 7.49. The van der Waals surface area contributed by atoms with Gasteiger partial charge in [-0.05, 0) is 112 Å². The highest BCUT2D eigenvalue weighted by molar-refractivity contribution is 7.84. The zero-order valence-corrected chi connectivity index (χ0v) is 33.3. The van der Waals surface area contributed by atoms with Gasteiger partial charge in [-0.15, -0.1) is 0 Å². The number of amides is 2. The van der Waals surface area contributed by atoms with Gasteiger partial charge in [0.25, 0.3) is 11.8 Å². The lowest BCUT2D eigenvalue weighted by Crippen LogP contribution is -2.37. The monoisotopic (exact) mass is 762 g/mol. The smallest absolute Gasteiger partial charge is 0.263 e.